The number of carbonyl (C=O) groups excluding carboxylic acids is 1. The van der Waals surface area contributed by atoms with E-state index in [9.17, 15) is 9.90 Å². The molecule has 0 radical (unpaired) electrons. The Morgan fingerprint density at radius 2 is 2.00 bits per heavy atom. The molecule has 0 amide bonds. The second kappa shape index (κ2) is 6.11. The molecular formula is C20H34O2. The molecule has 2 saturated carbocycles. The Balaban J connectivity index is 2.36. The van der Waals surface area contributed by atoms with Gasteiger partial charge >= 0.3 is 0 Å². The van der Waals surface area contributed by atoms with Gasteiger partial charge in [0.1, 0.15) is 5.78 Å². The molecule has 1 N–H and O–H groups in total. The van der Waals surface area contributed by atoms with E-state index in [4.69, 9.17) is 0 Å². The van der Waals surface area contributed by atoms with Crippen molar-refractivity contribution in [2.75, 3.05) is 0 Å². The molecule has 2 rings (SSSR count). The van der Waals surface area contributed by atoms with Gasteiger partial charge in [-0.15, -0.1) is 6.58 Å². The monoisotopic (exact) mass is 306 g/mol. The second-order valence-electron chi connectivity index (χ2n) is 8.97. The topological polar surface area (TPSA) is 37.3 Å². The van der Waals surface area contributed by atoms with Crippen LogP contribution >= 0.6 is 0 Å². The Hall–Kier alpha value is -0.630. The average molecular weight is 306 g/mol. The summed E-state index contributed by atoms with van der Waals surface area (Å²) in [5.74, 6) is 1.22. The Labute approximate surface area is 136 Å². The van der Waals surface area contributed by atoms with Crippen molar-refractivity contribution < 1.29 is 9.90 Å². The van der Waals surface area contributed by atoms with Gasteiger partial charge in [0.15, 0.2) is 0 Å². The van der Waals surface area contributed by atoms with E-state index in [-0.39, 0.29) is 40.6 Å². The first-order chi connectivity index (χ1) is 10.1. The molecule has 0 aromatic carbocycles. The van der Waals surface area contributed by atoms with E-state index in [0.717, 1.165) is 19.3 Å². The number of allylic oxidation sites excluding steroid dienone is 1. The zero-order chi connectivity index (χ0) is 16.7. The predicted octanol–water partition coefficient (Wildman–Crippen LogP) is 4.62. The summed E-state index contributed by atoms with van der Waals surface area (Å²) in [5.41, 5.74) is 0.0615. The zero-order valence-corrected chi connectivity index (χ0v) is 15.1. The van der Waals surface area contributed by atoms with Crippen LogP contribution in [0.2, 0.25) is 0 Å². The van der Waals surface area contributed by atoms with E-state index < -0.39 is 0 Å². The highest BCUT2D eigenvalue weighted by molar-refractivity contribution is 5.82. The minimum Gasteiger partial charge on any atom is -0.393 e. The molecule has 2 aliphatic rings. The third-order valence-corrected chi connectivity index (χ3v) is 6.64. The molecule has 0 aromatic rings. The third kappa shape index (κ3) is 2.91. The van der Waals surface area contributed by atoms with Crippen molar-refractivity contribution in [2.45, 2.75) is 72.8 Å². The summed E-state index contributed by atoms with van der Waals surface area (Å²) >= 11 is 0. The predicted molar refractivity (Wildman–Crippen MR) is 91.5 cm³/mol. The maximum atomic E-state index is 13.0. The van der Waals surface area contributed by atoms with Crippen molar-refractivity contribution in [1.29, 1.82) is 0 Å². The van der Waals surface area contributed by atoms with E-state index >= 15 is 0 Å². The van der Waals surface area contributed by atoms with Gasteiger partial charge in [-0.3, -0.25) is 4.79 Å². The first kappa shape index (κ1) is 17.7. The van der Waals surface area contributed by atoms with E-state index in [1.165, 1.54) is 6.42 Å². The third-order valence-electron chi connectivity index (χ3n) is 6.64. The van der Waals surface area contributed by atoms with Crippen LogP contribution in [0.3, 0.4) is 0 Å². The van der Waals surface area contributed by atoms with Crippen LogP contribution in [-0.2, 0) is 4.79 Å². The lowest BCUT2D eigenvalue weighted by Crippen LogP contribution is -2.58. The molecule has 2 heteroatoms. The fourth-order valence-corrected chi connectivity index (χ4v) is 5.95. The van der Waals surface area contributed by atoms with Gasteiger partial charge in [-0.2, -0.15) is 0 Å². The van der Waals surface area contributed by atoms with Crippen molar-refractivity contribution in [3.63, 3.8) is 0 Å². The Kier molecular flexibility index (Phi) is 4.92. The quantitative estimate of drug-likeness (QED) is 0.770. The second-order valence-corrected chi connectivity index (χ2v) is 8.97. The number of rotatable bonds is 4. The normalized spacial score (nSPS) is 42.3. The van der Waals surface area contributed by atoms with E-state index in [1.807, 2.05) is 6.08 Å². The van der Waals surface area contributed by atoms with E-state index in [0.29, 0.717) is 12.2 Å². The molecular weight excluding hydrogens is 272 g/mol. The Morgan fingerprint density at radius 1 is 1.36 bits per heavy atom. The minimum absolute atomic E-state index is 0.0587. The molecule has 0 heterocycles. The van der Waals surface area contributed by atoms with Crippen LogP contribution in [0.25, 0.3) is 0 Å². The summed E-state index contributed by atoms with van der Waals surface area (Å²) in [4.78, 5) is 13.0. The molecule has 0 aliphatic heterocycles. The fourth-order valence-electron chi connectivity index (χ4n) is 5.95. The van der Waals surface area contributed by atoms with Crippen molar-refractivity contribution >= 4 is 5.78 Å². The highest BCUT2D eigenvalue weighted by Gasteiger charge is 2.58. The summed E-state index contributed by atoms with van der Waals surface area (Å²) in [6.45, 7) is 14.9. The SMILES string of the molecule is C=C[C@@H](C)CC(=O)[C@H]1[C@@H](C)C[C@H](O)[C@H]2C(C)(C)CCC[C@]12C. The van der Waals surface area contributed by atoms with Gasteiger partial charge in [-0.1, -0.05) is 47.1 Å². The summed E-state index contributed by atoms with van der Waals surface area (Å²) in [5, 5.41) is 10.8. The highest BCUT2D eigenvalue weighted by Crippen LogP contribution is 2.61. The average Bonchev–Trinajstić information content (AvgIpc) is 2.35. The first-order valence-electron chi connectivity index (χ1n) is 8.97. The molecule has 0 spiro atoms. The standard InChI is InChI=1S/C20H34O2/c1-7-13(2)11-15(21)17-14(3)12-16(22)18-19(4,5)9-8-10-20(17,18)6/h7,13-14,16-18,22H,1,8-12H2,2-6H3/t13-,14+,16+,17-,18+,20-/m1/s1. The largest absolute Gasteiger partial charge is 0.393 e. The van der Waals surface area contributed by atoms with Crippen LogP contribution in [0.15, 0.2) is 12.7 Å². The van der Waals surface area contributed by atoms with Gasteiger partial charge < -0.3 is 5.11 Å². The smallest absolute Gasteiger partial charge is 0.137 e. The maximum Gasteiger partial charge on any atom is 0.137 e. The first-order valence-corrected chi connectivity index (χ1v) is 8.97. The van der Waals surface area contributed by atoms with Crippen LogP contribution in [0.5, 0.6) is 0 Å². The molecule has 0 bridgehead atoms. The van der Waals surface area contributed by atoms with Crippen LogP contribution in [0.1, 0.15) is 66.7 Å². The van der Waals surface area contributed by atoms with Crippen molar-refractivity contribution in [3.8, 4) is 0 Å². The summed E-state index contributed by atoms with van der Waals surface area (Å²) < 4.78 is 0. The Morgan fingerprint density at radius 3 is 2.59 bits per heavy atom. The number of fused-ring (bicyclic) bond motifs is 1. The van der Waals surface area contributed by atoms with Crippen LogP contribution in [0.4, 0.5) is 0 Å². The summed E-state index contributed by atoms with van der Waals surface area (Å²) in [7, 11) is 0. The number of aliphatic hydroxyl groups is 1. The number of ketones is 1. The van der Waals surface area contributed by atoms with Gasteiger partial charge in [-0.25, -0.2) is 0 Å². The van der Waals surface area contributed by atoms with Gasteiger partial charge in [-0.05, 0) is 47.8 Å². The fraction of sp³-hybridized carbons (Fsp3) is 0.850. The maximum absolute atomic E-state index is 13.0. The molecule has 0 saturated heterocycles. The lowest BCUT2D eigenvalue weighted by Gasteiger charge is -2.60. The van der Waals surface area contributed by atoms with Crippen LogP contribution in [-0.4, -0.2) is 17.0 Å². The van der Waals surface area contributed by atoms with Crippen LogP contribution < -0.4 is 0 Å². The van der Waals surface area contributed by atoms with Gasteiger partial charge in [0.25, 0.3) is 0 Å². The van der Waals surface area contributed by atoms with Gasteiger partial charge in [0.05, 0.1) is 6.10 Å². The molecule has 2 aliphatic carbocycles. The van der Waals surface area contributed by atoms with E-state index in [1.54, 1.807) is 0 Å². The highest BCUT2D eigenvalue weighted by atomic mass is 16.3. The number of hydrogen-bond donors (Lipinski definition) is 1. The number of aliphatic hydroxyl groups excluding tert-OH is 1. The lowest BCUT2D eigenvalue weighted by atomic mass is 9.45. The number of Topliss-reactive ketones (excluding diaryl/α,β-unsaturated/α-hetero) is 1. The zero-order valence-electron chi connectivity index (χ0n) is 15.1. The Bertz CT molecular complexity index is 439. The molecule has 0 unspecified atom stereocenters. The van der Waals surface area contributed by atoms with E-state index in [2.05, 4.69) is 41.2 Å². The minimum atomic E-state index is -0.267. The van der Waals surface area contributed by atoms with Crippen molar-refractivity contribution in [1.82, 2.24) is 0 Å². The van der Waals surface area contributed by atoms with Crippen molar-refractivity contribution in [2.24, 2.45) is 34.5 Å². The number of carbonyl (C=O) groups is 1. The molecule has 2 nitrogen and oxygen atoms in total. The van der Waals surface area contributed by atoms with Gasteiger partial charge in [0.2, 0.25) is 0 Å². The van der Waals surface area contributed by atoms with Crippen LogP contribution in [0, 0.1) is 34.5 Å². The molecule has 0 aromatic heterocycles. The number of hydrogen-bond acceptors (Lipinski definition) is 2. The van der Waals surface area contributed by atoms with Crippen molar-refractivity contribution in [3.05, 3.63) is 12.7 Å². The molecule has 6 atom stereocenters. The summed E-state index contributed by atoms with van der Waals surface area (Å²) in [6.07, 6.45) is 6.37. The molecule has 126 valence electrons. The van der Waals surface area contributed by atoms with Gasteiger partial charge in [0, 0.05) is 12.3 Å². The summed E-state index contributed by atoms with van der Waals surface area (Å²) in [6, 6.07) is 0. The lowest BCUT2D eigenvalue weighted by molar-refractivity contribution is -0.169. The molecule has 2 fully saturated rings. The molecule has 22 heavy (non-hydrogen) atoms.